The average Bonchev–Trinajstić information content (AvgIpc) is 3.26. The van der Waals surface area contributed by atoms with Crippen molar-refractivity contribution in [1.29, 1.82) is 0 Å². The molecule has 5 heteroatoms. The van der Waals surface area contributed by atoms with Gasteiger partial charge in [-0.3, -0.25) is 14.8 Å². The van der Waals surface area contributed by atoms with E-state index < -0.39 is 0 Å². The van der Waals surface area contributed by atoms with Crippen molar-refractivity contribution < 1.29 is 0 Å². The van der Waals surface area contributed by atoms with Crippen LogP contribution in [0.5, 0.6) is 0 Å². The van der Waals surface area contributed by atoms with E-state index in [0.717, 1.165) is 34.2 Å². The van der Waals surface area contributed by atoms with Gasteiger partial charge >= 0.3 is 0 Å². The normalized spacial score (nSPS) is 15.9. The molecule has 1 aromatic carbocycles. The molecule has 0 atom stereocenters. The second-order valence-corrected chi connectivity index (χ2v) is 6.81. The number of likely N-dealkylation sites (tertiary alicyclic amines) is 1. The van der Waals surface area contributed by atoms with Gasteiger partial charge in [-0.05, 0) is 57.5 Å². The number of hydrogen-bond donors (Lipinski definition) is 1. The lowest BCUT2D eigenvalue weighted by atomic mass is 10.1. The van der Waals surface area contributed by atoms with E-state index >= 15 is 0 Å². The lowest BCUT2D eigenvalue weighted by Gasteiger charge is -2.11. The van der Waals surface area contributed by atoms with E-state index in [0.29, 0.717) is 11.9 Å². The van der Waals surface area contributed by atoms with Crippen LogP contribution in [0.2, 0.25) is 0 Å². The molecule has 1 aliphatic heterocycles. The van der Waals surface area contributed by atoms with Crippen molar-refractivity contribution in [1.82, 2.24) is 19.7 Å². The van der Waals surface area contributed by atoms with Crippen LogP contribution < -0.4 is 5.56 Å². The number of fused-ring (bicyclic) bond motifs is 3. The Labute approximate surface area is 146 Å². The molecule has 0 aliphatic carbocycles. The third-order valence-corrected chi connectivity index (χ3v) is 5.16. The zero-order chi connectivity index (χ0) is 17.4. The van der Waals surface area contributed by atoms with Gasteiger partial charge in [0.25, 0.3) is 5.56 Å². The van der Waals surface area contributed by atoms with Gasteiger partial charge < -0.3 is 4.57 Å². The van der Waals surface area contributed by atoms with E-state index in [1.165, 1.54) is 25.9 Å². The average molecular weight is 336 g/mol. The van der Waals surface area contributed by atoms with Crippen LogP contribution in [-0.4, -0.2) is 39.3 Å². The molecule has 0 spiro atoms. The van der Waals surface area contributed by atoms with Crippen LogP contribution in [0, 0.1) is 6.92 Å². The molecule has 130 valence electrons. The molecule has 4 rings (SSSR count). The number of aromatic nitrogens is 3. The molecule has 1 aliphatic rings. The minimum absolute atomic E-state index is 0.0357. The highest BCUT2D eigenvalue weighted by molar-refractivity contribution is 6.04. The van der Waals surface area contributed by atoms with Crippen LogP contribution in [0.4, 0.5) is 0 Å². The monoisotopic (exact) mass is 336 g/mol. The number of pyridine rings is 1. The first-order valence-corrected chi connectivity index (χ1v) is 9.09. The fourth-order valence-corrected chi connectivity index (χ4v) is 3.83. The summed E-state index contributed by atoms with van der Waals surface area (Å²) in [6.45, 7) is 7.98. The van der Waals surface area contributed by atoms with Crippen LogP contribution >= 0.6 is 0 Å². The molecule has 3 aromatic rings. The van der Waals surface area contributed by atoms with E-state index in [-0.39, 0.29) is 5.56 Å². The van der Waals surface area contributed by atoms with E-state index in [2.05, 4.69) is 39.4 Å². The van der Waals surface area contributed by atoms with E-state index in [9.17, 15) is 4.79 Å². The van der Waals surface area contributed by atoms with Gasteiger partial charge in [0.1, 0.15) is 5.52 Å². The van der Waals surface area contributed by atoms with Crippen LogP contribution in [0.15, 0.2) is 29.1 Å². The maximum atomic E-state index is 12.7. The van der Waals surface area contributed by atoms with Crippen molar-refractivity contribution in [3.05, 3.63) is 45.9 Å². The number of nitrogens with one attached hydrogen (secondary N) is 1. The molecule has 1 N–H and O–H groups in total. The van der Waals surface area contributed by atoms with Gasteiger partial charge in [0.2, 0.25) is 0 Å². The third kappa shape index (κ3) is 2.78. The molecule has 1 fully saturated rings. The summed E-state index contributed by atoms with van der Waals surface area (Å²) in [6.07, 6.45) is 7.03. The first kappa shape index (κ1) is 16.1. The molecule has 0 bridgehead atoms. The summed E-state index contributed by atoms with van der Waals surface area (Å²) < 4.78 is 1.83. The summed E-state index contributed by atoms with van der Waals surface area (Å²) in [6, 6.07) is 6.27. The van der Waals surface area contributed by atoms with Crippen LogP contribution in [0.25, 0.3) is 27.9 Å². The number of benzene rings is 1. The Balaban J connectivity index is 1.79. The predicted molar refractivity (Wildman–Crippen MR) is 103 cm³/mol. The van der Waals surface area contributed by atoms with Crippen LogP contribution in [0.3, 0.4) is 0 Å². The second kappa shape index (κ2) is 6.48. The van der Waals surface area contributed by atoms with Crippen molar-refractivity contribution >= 4 is 27.9 Å². The summed E-state index contributed by atoms with van der Waals surface area (Å²) in [5, 5.41) is 9.10. The summed E-state index contributed by atoms with van der Waals surface area (Å²) >= 11 is 0. The Morgan fingerprint density at radius 2 is 2.08 bits per heavy atom. The SMILES string of the molecule is CCn1c(=O)c2c(C)[nH]nc2c2cc(/C=C\CN3CCCC3)ccc21. The molecule has 25 heavy (non-hydrogen) atoms. The van der Waals surface area contributed by atoms with E-state index in [1.54, 1.807) is 0 Å². The molecular weight excluding hydrogens is 312 g/mol. The predicted octanol–water partition coefficient (Wildman–Crippen LogP) is 3.32. The van der Waals surface area contributed by atoms with Gasteiger partial charge in [-0.2, -0.15) is 5.10 Å². The molecule has 0 radical (unpaired) electrons. The minimum Gasteiger partial charge on any atom is -0.308 e. The lowest BCUT2D eigenvalue weighted by molar-refractivity contribution is 0.378. The molecule has 0 unspecified atom stereocenters. The van der Waals surface area contributed by atoms with Crippen LogP contribution in [0.1, 0.15) is 31.0 Å². The first-order chi connectivity index (χ1) is 12.2. The largest absolute Gasteiger partial charge is 0.308 e. The minimum atomic E-state index is 0.0357. The second-order valence-electron chi connectivity index (χ2n) is 6.81. The van der Waals surface area contributed by atoms with Gasteiger partial charge in [0.05, 0.1) is 10.9 Å². The van der Waals surface area contributed by atoms with E-state index in [1.807, 2.05) is 24.5 Å². The van der Waals surface area contributed by atoms with Gasteiger partial charge in [-0.1, -0.05) is 18.2 Å². The number of H-pyrrole nitrogens is 1. The number of hydrogen-bond acceptors (Lipinski definition) is 3. The standard InChI is InChI=1S/C20H24N4O/c1-3-24-17-9-8-15(7-6-12-23-10-4-5-11-23)13-16(17)19-18(20(24)25)14(2)21-22-19/h6-9,13H,3-5,10-12H2,1-2H3,(H,21,22)/b7-6-. The van der Waals surface area contributed by atoms with Crippen molar-refractivity contribution in [2.45, 2.75) is 33.2 Å². The quantitative estimate of drug-likeness (QED) is 0.795. The summed E-state index contributed by atoms with van der Waals surface area (Å²) in [5.41, 5.74) is 3.74. The smallest absolute Gasteiger partial charge is 0.262 e. The van der Waals surface area contributed by atoms with Gasteiger partial charge in [-0.15, -0.1) is 0 Å². The Kier molecular flexibility index (Phi) is 4.17. The van der Waals surface area contributed by atoms with Gasteiger partial charge in [0.15, 0.2) is 0 Å². The summed E-state index contributed by atoms with van der Waals surface area (Å²) in [4.78, 5) is 15.2. The first-order valence-electron chi connectivity index (χ1n) is 9.09. The van der Waals surface area contributed by atoms with Gasteiger partial charge in [-0.25, -0.2) is 0 Å². The van der Waals surface area contributed by atoms with E-state index in [4.69, 9.17) is 0 Å². The zero-order valence-electron chi connectivity index (χ0n) is 14.9. The van der Waals surface area contributed by atoms with Gasteiger partial charge in [0, 0.05) is 24.2 Å². The third-order valence-electron chi connectivity index (χ3n) is 5.16. The maximum absolute atomic E-state index is 12.7. The summed E-state index contributed by atoms with van der Waals surface area (Å²) in [7, 11) is 0. The highest BCUT2D eigenvalue weighted by atomic mass is 16.1. The lowest BCUT2D eigenvalue weighted by Crippen LogP contribution is -2.20. The molecular formula is C20H24N4O. The fraction of sp³-hybridized carbons (Fsp3) is 0.400. The molecule has 0 saturated carbocycles. The molecule has 5 nitrogen and oxygen atoms in total. The molecule has 0 amide bonds. The number of rotatable bonds is 4. The molecule has 1 saturated heterocycles. The number of aromatic amines is 1. The zero-order valence-corrected chi connectivity index (χ0v) is 14.9. The van der Waals surface area contributed by atoms with Crippen molar-refractivity contribution in [2.75, 3.05) is 19.6 Å². The van der Waals surface area contributed by atoms with Crippen molar-refractivity contribution in [2.24, 2.45) is 0 Å². The molecule has 3 heterocycles. The summed E-state index contributed by atoms with van der Waals surface area (Å²) in [5.74, 6) is 0. The fourth-order valence-electron chi connectivity index (χ4n) is 3.83. The maximum Gasteiger partial charge on any atom is 0.262 e. The van der Waals surface area contributed by atoms with Crippen LogP contribution in [-0.2, 0) is 6.54 Å². The Morgan fingerprint density at radius 1 is 1.28 bits per heavy atom. The number of aryl methyl sites for hydroxylation is 2. The highest BCUT2D eigenvalue weighted by Crippen LogP contribution is 2.24. The molecule has 2 aromatic heterocycles. The van der Waals surface area contributed by atoms with Crippen molar-refractivity contribution in [3.63, 3.8) is 0 Å². The number of nitrogens with zero attached hydrogens (tertiary/aromatic N) is 3. The Hall–Kier alpha value is -2.40. The Morgan fingerprint density at radius 3 is 2.84 bits per heavy atom. The Bertz CT molecular complexity index is 1010. The van der Waals surface area contributed by atoms with Crippen molar-refractivity contribution in [3.8, 4) is 0 Å². The highest BCUT2D eigenvalue weighted by Gasteiger charge is 2.14. The topological polar surface area (TPSA) is 53.9 Å².